The molecule has 0 bridgehead atoms. The monoisotopic (exact) mass is 317 g/mol. The highest BCUT2D eigenvalue weighted by Gasteiger charge is 2.31. The zero-order chi connectivity index (χ0) is 14.9. The summed E-state index contributed by atoms with van der Waals surface area (Å²) in [6, 6.07) is 2.23. The largest absolute Gasteiger partial charge is 0.384 e. The Bertz CT molecular complexity index is 618. The predicted octanol–water partition coefficient (Wildman–Crippen LogP) is 3.10. The lowest BCUT2D eigenvalue weighted by molar-refractivity contribution is 0.134. The molecule has 2 aliphatic rings. The lowest BCUT2D eigenvalue weighted by atomic mass is 9.95. The van der Waals surface area contributed by atoms with E-state index in [4.69, 9.17) is 4.74 Å². The van der Waals surface area contributed by atoms with Crippen molar-refractivity contribution in [2.24, 2.45) is 5.92 Å². The van der Waals surface area contributed by atoms with E-state index < -0.39 is 0 Å². The number of fused-ring (bicyclic) bond motifs is 1. The number of aromatic nitrogens is 2. The summed E-state index contributed by atoms with van der Waals surface area (Å²) in [6.45, 7) is 4.98. The van der Waals surface area contributed by atoms with Gasteiger partial charge < -0.3 is 4.74 Å². The number of ether oxygens (including phenoxy) is 1. The molecule has 0 unspecified atom stereocenters. The molecule has 1 aliphatic carbocycles. The minimum Gasteiger partial charge on any atom is -0.384 e. The molecule has 2 aromatic heterocycles. The van der Waals surface area contributed by atoms with Gasteiger partial charge >= 0.3 is 0 Å². The molecule has 118 valence electrons. The molecule has 4 rings (SSSR count). The van der Waals surface area contributed by atoms with Crippen LogP contribution in [0.2, 0.25) is 0 Å². The minimum absolute atomic E-state index is 0.445. The van der Waals surface area contributed by atoms with Gasteiger partial charge in [0.2, 0.25) is 0 Å². The van der Waals surface area contributed by atoms with E-state index in [0.717, 1.165) is 38.7 Å². The first kappa shape index (κ1) is 14.4. The van der Waals surface area contributed by atoms with Crippen molar-refractivity contribution >= 4 is 11.3 Å². The lowest BCUT2D eigenvalue weighted by Gasteiger charge is -2.32. The number of thiophene rings is 1. The molecule has 0 aromatic carbocycles. The van der Waals surface area contributed by atoms with E-state index in [1.165, 1.54) is 29.7 Å². The van der Waals surface area contributed by atoms with Gasteiger partial charge in [-0.05, 0) is 41.1 Å². The third-order valence-electron chi connectivity index (χ3n) is 4.75. The van der Waals surface area contributed by atoms with Crippen molar-refractivity contribution in [3.8, 4) is 0 Å². The molecule has 5 heteroatoms. The maximum Gasteiger partial charge on any atom is 0.0560 e. The standard InChI is InChI=1S/C17H23N3OS/c1-21-11-15-9-19(7-14-4-5-22-12-14)10-17-16(15)6-18-20(17)8-13-2-3-13/h4-6,12-13,15H,2-3,7-11H2,1H3/t15-/m1/s1. The van der Waals surface area contributed by atoms with E-state index >= 15 is 0 Å². The van der Waals surface area contributed by atoms with Crippen LogP contribution in [0.1, 0.15) is 35.6 Å². The van der Waals surface area contributed by atoms with Crippen molar-refractivity contribution in [3.63, 3.8) is 0 Å². The van der Waals surface area contributed by atoms with Crippen LogP contribution in [0.25, 0.3) is 0 Å². The summed E-state index contributed by atoms with van der Waals surface area (Å²) in [6.07, 6.45) is 4.83. The molecule has 4 nitrogen and oxygen atoms in total. The fourth-order valence-electron chi connectivity index (χ4n) is 3.43. The zero-order valence-corrected chi connectivity index (χ0v) is 13.9. The summed E-state index contributed by atoms with van der Waals surface area (Å²) in [5.74, 6) is 1.30. The van der Waals surface area contributed by atoms with E-state index in [1.807, 2.05) is 0 Å². The predicted molar refractivity (Wildman–Crippen MR) is 88.0 cm³/mol. The van der Waals surface area contributed by atoms with Crippen molar-refractivity contribution in [1.82, 2.24) is 14.7 Å². The third-order valence-corrected chi connectivity index (χ3v) is 5.49. The van der Waals surface area contributed by atoms with Crippen molar-refractivity contribution in [2.45, 2.75) is 38.4 Å². The Hall–Kier alpha value is -1.17. The summed E-state index contributed by atoms with van der Waals surface area (Å²) in [5, 5.41) is 9.09. The van der Waals surface area contributed by atoms with Crippen LogP contribution in [0.3, 0.4) is 0 Å². The number of methoxy groups -OCH3 is 1. The van der Waals surface area contributed by atoms with E-state index in [-0.39, 0.29) is 0 Å². The molecule has 0 radical (unpaired) electrons. The van der Waals surface area contributed by atoms with Crippen LogP contribution >= 0.6 is 11.3 Å². The molecule has 0 saturated heterocycles. The average Bonchev–Trinajstić information content (AvgIpc) is 3.01. The molecule has 0 spiro atoms. The maximum atomic E-state index is 5.46. The Labute approximate surface area is 135 Å². The van der Waals surface area contributed by atoms with Crippen LogP contribution in [0, 0.1) is 5.92 Å². The first-order valence-corrected chi connectivity index (χ1v) is 9.04. The fraction of sp³-hybridized carbons (Fsp3) is 0.588. The van der Waals surface area contributed by atoms with Crippen molar-refractivity contribution in [3.05, 3.63) is 39.8 Å². The van der Waals surface area contributed by atoms with Gasteiger partial charge in [-0.2, -0.15) is 16.4 Å². The fourth-order valence-corrected chi connectivity index (χ4v) is 4.09. The molecule has 0 N–H and O–H groups in total. The first-order chi connectivity index (χ1) is 10.8. The number of hydrogen-bond acceptors (Lipinski definition) is 4. The summed E-state index contributed by atoms with van der Waals surface area (Å²) in [4.78, 5) is 2.54. The Morgan fingerprint density at radius 1 is 1.41 bits per heavy atom. The second-order valence-corrected chi connectivity index (χ2v) is 7.41. The Morgan fingerprint density at radius 2 is 2.32 bits per heavy atom. The number of hydrogen-bond donors (Lipinski definition) is 0. The highest BCUT2D eigenvalue weighted by Crippen LogP contribution is 2.34. The SMILES string of the molecule is COC[C@H]1CN(Cc2ccsc2)Cc2c1cnn2CC1CC1. The zero-order valence-electron chi connectivity index (χ0n) is 13.1. The lowest BCUT2D eigenvalue weighted by Crippen LogP contribution is -2.35. The Morgan fingerprint density at radius 3 is 3.05 bits per heavy atom. The van der Waals surface area contributed by atoms with Crippen molar-refractivity contribution < 1.29 is 4.74 Å². The third kappa shape index (κ3) is 2.98. The smallest absolute Gasteiger partial charge is 0.0560 e. The minimum atomic E-state index is 0.445. The Kier molecular flexibility index (Phi) is 4.03. The van der Waals surface area contributed by atoms with Gasteiger partial charge in [-0.3, -0.25) is 9.58 Å². The summed E-state index contributed by atoms with van der Waals surface area (Å²) < 4.78 is 7.72. The second kappa shape index (κ2) is 6.14. The van der Waals surface area contributed by atoms with Gasteiger partial charge in [-0.1, -0.05) is 0 Å². The van der Waals surface area contributed by atoms with Crippen LogP contribution < -0.4 is 0 Å². The molecule has 1 atom stereocenters. The van der Waals surface area contributed by atoms with Crippen LogP contribution in [0.5, 0.6) is 0 Å². The molecule has 0 amide bonds. The average molecular weight is 317 g/mol. The van der Waals surface area contributed by atoms with Crippen LogP contribution in [0.4, 0.5) is 0 Å². The molecular weight excluding hydrogens is 294 g/mol. The van der Waals surface area contributed by atoms with E-state index in [0.29, 0.717) is 5.92 Å². The van der Waals surface area contributed by atoms with Crippen LogP contribution in [0.15, 0.2) is 23.0 Å². The topological polar surface area (TPSA) is 30.3 Å². The summed E-state index contributed by atoms with van der Waals surface area (Å²) >= 11 is 1.78. The molecule has 1 aliphatic heterocycles. The first-order valence-electron chi connectivity index (χ1n) is 8.10. The van der Waals surface area contributed by atoms with Gasteiger partial charge in [0, 0.05) is 44.8 Å². The molecule has 3 heterocycles. The van der Waals surface area contributed by atoms with Crippen LogP contribution in [-0.2, 0) is 24.4 Å². The number of nitrogens with zero attached hydrogens (tertiary/aromatic N) is 3. The van der Waals surface area contributed by atoms with Gasteiger partial charge in [-0.25, -0.2) is 0 Å². The van der Waals surface area contributed by atoms with Gasteiger partial charge in [0.15, 0.2) is 0 Å². The van der Waals surface area contributed by atoms with Gasteiger partial charge in [-0.15, -0.1) is 0 Å². The van der Waals surface area contributed by atoms with Crippen molar-refractivity contribution in [1.29, 1.82) is 0 Å². The van der Waals surface area contributed by atoms with Crippen molar-refractivity contribution in [2.75, 3.05) is 20.3 Å². The van der Waals surface area contributed by atoms with Gasteiger partial charge in [0.25, 0.3) is 0 Å². The summed E-state index contributed by atoms with van der Waals surface area (Å²) in [7, 11) is 1.80. The number of rotatable bonds is 6. The highest BCUT2D eigenvalue weighted by atomic mass is 32.1. The van der Waals surface area contributed by atoms with E-state index in [2.05, 4.69) is 37.7 Å². The quantitative estimate of drug-likeness (QED) is 0.820. The normalized spacial score (nSPS) is 22.0. The maximum absolute atomic E-state index is 5.46. The van der Waals surface area contributed by atoms with E-state index in [1.54, 1.807) is 18.4 Å². The highest BCUT2D eigenvalue weighted by molar-refractivity contribution is 7.07. The molecule has 1 fully saturated rings. The molecule has 2 aromatic rings. The van der Waals surface area contributed by atoms with Gasteiger partial charge in [0.05, 0.1) is 18.5 Å². The van der Waals surface area contributed by atoms with E-state index in [9.17, 15) is 0 Å². The van der Waals surface area contributed by atoms with Gasteiger partial charge in [0.1, 0.15) is 0 Å². The molecular formula is C17H23N3OS. The van der Waals surface area contributed by atoms with Crippen LogP contribution in [-0.4, -0.2) is 34.9 Å². The Balaban J connectivity index is 1.56. The second-order valence-electron chi connectivity index (χ2n) is 6.63. The molecule has 22 heavy (non-hydrogen) atoms. The molecule has 1 saturated carbocycles. The summed E-state index contributed by atoms with van der Waals surface area (Å²) in [5.41, 5.74) is 4.23.